The Morgan fingerprint density at radius 2 is 1.43 bits per heavy atom. The summed E-state index contributed by atoms with van der Waals surface area (Å²) in [4.78, 5) is 65.7. The molecule has 0 radical (unpaired) electrons. The summed E-state index contributed by atoms with van der Waals surface area (Å²) in [5.41, 5.74) is 2.32. The number of hydrogen-bond donors (Lipinski definition) is 0. The monoisotopic (exact) mass is 500 g/mol. The summed E-state index contributed by atoms with van der Waals surface area (Å²) in [5.74, 6) is -2.54. The SMILES string of the molecule is COC(=O)c1cc(C(=O)OC)cc(N2C(=O)c3cnc4c(c(C)nn4-c4nc(C)cc(C)n4)c3C2=O)c1. The molecule has 1 aliphatic rings. The van der Waals surface area contributed by atoms with Crippen LogP contribution in [0.5, 0.6) is 0 Å². The molecule has 37 heavy (non-hydrogen) atoms. The normalized spacial score (nSPS) is 12.7. The maximum absolute atomic E-state index is 13.7. The molecule has 186 valence electrons. The van der Waals surface area contributed by atoms with Crippen molar-refractivity contribution in [2.75, 3.05) is 19.1 Å². The highest BCUT2D eigenvalue weighted by Crippen LogP contribution is 2.35. The fourth-order valence-corrected chi connectivity index (χ4v) is 4.35. The molecule has 5 rings (SSSR count). The predicted octanol–water partition coefficient (Wildman–Crippen LogP) is 2.51. The Morgan fingerprint density at radius 3 is 2.00 bits per heavy atom. The predicted molar refractivity (Wildman–Crippen MR) is 129 cm³/mol. The third-order valence-corrected chi connectivity index (χ3v) is 5.90. The van der Waals surface area contributed by atoms with Gasteiger partial charge in [-0.3, -0.25) is 9.59 Å². The molecule has 0 N–H and O–H groups in total. The zero-order chi connectivity index (χ0) is 26.6. The fraction of sp³-hybridized carbons (Fsp3) is 0.200. The Hall–Kier alpha value is -5.00. The lowest BCUT2D eigenvalue weighted by Gasteiger charge is -2.16. The number of carbonyl (C=O) groups excluding carboxylic acids is 4. The standard InChI is InChI=1S/C25H20N6O6/c1-11-6-12(2)28-25(27-11)31-20-18(13(3)29-31)19-17(10-26-20)21(32)30(22(19)33)16-8-14(23(34)36-4)7-15(9-16)24(35)37-5/h6-10H,1-5H3. The quantitative estimate of drug-likeness (QED) is 0.302. The summed E-state index contributed by atoms with van der Waals surface area (Å²) < 4.78 is 11.0. The Bertz CT molecular complexity index is 1620. The number of carbonyl (C=O) groups is 4. The molecule has 0 bridgehead atoms. The van der Waals surface area contributed by atoms with Crippen LogP contribution < -0.4 is 4.90 Å². The first-order valence-corrected chi connectivity index (χ1v) is 11.1. The second kappa shape index (κ2) is 8.59. The first kappa shape index (κ1) is 23.7. The molecule has 12 heteroatoms. The number of aromatic nitrogens is 5. The molecular weight excluding hydrogens is 480 g/mol. The van der Waals surface area contributed by atoms with Crippen LogP contribution in [0.25, 0.3) is 17.0 Å². The van der Waals surface area contributed by atoms with Crippen LogP contribution in [-0.4, -0.2) is 62.7 Å². The van der Waals surface area contributed by atoms with Gasteiger partial charge in [0, 0.05) is 17.6 Å². The number of hydrogen-bond acceptors (Lipinski definition) is 10. The summed E-state index contributed by atoms with van der Waals surface area (Å²) >= 11 is 0. The molecule has 4 heterocycles. The minimum Gasteiger partial charge on any atom is -0.465 e. The number of esters is 2. The van der Waals surface area contributed by atoms with Gasteiger partial charge in [0.15, 0.2) is 5.65 Å². The summed E-state index contributed by atoms with van der Waals surface area (Å²) in [6.07, 6.45) is 1.30. The van der Waals surface area contributed by atoms with Gasteiger partial charge in [-0.25, -0.2) is 29.4 Å². The third kappa shape index (κ3) is 3.69. The van der Waals surface area contributed by atoms with Crippen LogP contribution in [0, 0.1) is 20.8 Å². The maximum Gasteiger partial charge on any atom is 0.337 e. The van der Waals surface area contributed by atoms with E-state index in [0.717, 1.165) is 16.3 Å². The van der Waals surface area contributed by atoms with Crippen LogP contribution in [0.1, 0.15) is 58.5 Å². The average Bonchev–Trinajstić information content (AvgIpc) is 3.35. The molecule has 0 atom stereocenters. The number of aryl methyl sites for hydroxylation is 3. The zero-order valence-electron chi connectivity index (χ0n) is 20.5. The van der Waals surface area contributed by atoms with E-state index in [-0.39, 0.29) is 33.9 Å². The highest BCUT2D eigenvalue weighted by Gasteiger charge is 2.40. The van der Waals surface area contributed by atoms with Crippen molar-refractivity contribution in [1.29, 1.82) is 0 Å². The van der Waals surface area contributed by atoms with Crippen molar-refractivity contribution in [3.05, 3.63) is 69.8 Å². The van der Waals surface area contributed by atoms with E-state index in [1.807, 2.05) is 19.9 Å². The number of benzene rings is 1. The Labute approximate surface area is 209 Å². The van der Waals surface area contributed by atoms with Crippen LogP contribution in [0.2, 0.25) is 0 Å². The van der Waals surface area contributed by atoms with E-state index in [0.29, 0.717) is 16.7 Å². The molecular formula is C25H20N6O6. The number of ether oxygens (including phenoxy) is 2. The summed E-state index contributed by atoms with van der Waals surface area (Å²) in [7, 11) is 2.36. The van der Waals surface area contributed by atoms with Crippen molar-refractivity contribution in [2.45, 2.75) is 20.8 Å². The molecule has 0 fully saturated rings. The lowest BCUT2D eigenvalue weighted by Crippen LogP contribution is -2.30. The largest absolute Gasteiger partial charge is 0.465 e. The van der Waals surface area contributed by atoms with Crippen molar-refractivity contribution in [3.63, 3.8) is 0 Å². The minimum atomic E-state index is -0.752. The van der Waals surface area contributed by atoms with E-state index in [9.17, 15) is 19.2 Å². The van der Waals surface area contributed by atoms with Crippen molar-refractivity contribution in [3.8, 4) is 5.95 Å². The first-order chi connectivity index (χ1) is 17.6. The maximum atomic E-state index is 13.7. The number of pyridine rings is 1. The topological polar surface area (TPSA) is 146 Å². The van der Waals surface area contributed by atoms with Crippen LogP contribution >= 0.6 is 0 Å². The van der Waals surface area contributed by atoms with E-state index in [4.69, 9.17) is 9.47 Å². The number of rotatable bonds is 4. The second-order valence-electron chi connectivity index (χ2n) is 8.39. The number of imide groups is 1. The van der Waals surface area contributed by atoms with E-state index in [1.165, 1.54) is 43.3 Å². The Balaban J connectivity index is 1.68. The van der Waals surface area contributed by atoms with E-state index < -0.39 is 23.8 Å². The summed E-state index contributed by atoms with van der Waals surface area (Å²) in [5, 5.41) is 4.87. The van der Waals surface area contributed by atoms with Gasteiger partial charge in [0.25, 0.3) is 17.8 Å². The van der Waals surface area contributed by atoms with Gasteiger partial charge >= 0.3 is 11.9 Å². The van der Waals surface area contributed by atoms with Gasteiger partial charge in [-0.1, -0.05) is 0 Å². The third-order valence-electron chi connectivity index (χ3n) is 5.90. The van der Waals surface area contributed by atoms with Gasteiger partial charge in [-0.15, -0.1) is 0 Å². The van der Waals surface area contributed by atoms with Crippen molar-refractivity contribution in [2.24, 2.45) is 0 Å². The van der Waals surface area contributed by atoms with Gasteiger partial charge in [0.2, 0.25) is 0 Å². The second-order valence-corrected chi connectivity index (χ2v) is 8.39. The highest BCUT2D eigenvalue weighted by atomic mass is 16.5. The molecule has 0 aliphatic carbocycles. The van der Waals surface area contributed by atoms with Crippen LogP contribution in [0.15, 0.2) is 30.5 Å². The number of nitrogens with zero attached hydrogens (tertiary/aromatic N) is 6. The highest BCUT2D eigenvalue weighted by molar-refractivity contribution is 6.37. The van der Waals surface area contributed by atoms with Gasteiger partial charge in [0.1, 0.15) is 0 Å². The molecule has 1 aliphatic heterocycles. The number of fused-ring (bicyclic) bond motifs is 3. The average molecular weight is 500 g/mol. The van der Waals surface area contributed by atoms with Crippen LogP contribution in [0.3, 0.4) is 0 Å². The number of methoxy groups -OCH3 is 2. The van der Waals surface area contributed by atoms with Gasteiger partial charge < -0.3 is 9.47 Å². The molecule has 0 spiro atoms. The molecule has 3 aromatic heterocycles. The van der Waals surface area contributed by atoms with Gasteiger partial charge in [0.05, 0.1) is 53.2 Å². The Morgan fingerprint density at radius 1 is 0.838 bits per heavy atom. The smallest absolute Gasteiger partial charge is 0.337 e. The minimum absolute atomic E-state index is 0.00494. The van der Waals surface area contributed by atoms with E-state index in [1.54, 1.807) is 6.92 Å². The molecule has 1 aromatic carbocycles. The van der Waals surface area contributed by atoms with Crippen LogP contribution in [0.4, 0.5) is 5.69 Å². The molecule has 0 saturated carbocycles. The van der Waals surface area contributed by atoms with Crippen molar-refractivity contribution < 1.29 is 28.7 Å². The van der Waals surface area contributed by atoms with E-state index in [2.05, 4.69) is 20.1 Å². The van der Waals surface area contributed by atoms with Crippen molar-refractivity contribution >= 4 is 40.5 Å². The number of amides is 2. The van der Waals surface area contributed by atoms with Crippen molar-refractivity contribution in [1.82, 2.24) is 24.7 Å². The molecule has 0 unspecified atom stereocenters. The molecule has 4 aromatic rings. The Kier molecular flexibility index (Phi) is 5.51. The molecule has 2 amide bonds. The van der Waals surface area contributed by atoms with E-state index >= 15 is 0 Å². The van der Waals surface area contributed by atoms with Crippen LogP contribution in [-0.2, 0) is 9.47 Å². The summed E-state index contributed by atoms with van der Waals surface area (Å²) in [6.45, 7) is 5.34. The first-order valence-electron chi connectivity index (χ1n) is 11.1. The van der Waals surface area contributed by atoms with Gasteiger partial charge in [-0.05, 0) is 45.0 Å². The number of anilines is 1. The fourth-order valence-electron chi connectivity index (χ4n) is 4.35. The lowest BCUT2D eigenvalue weighted by molar-refractivity contribution is 0.0597. The lowest BCUT2D eigenvalue weighted by atomic mass is 10.1. The molecule has 12 nitrogen and oxygen atoms in total. The zero-order valence-corrected chi connectivity index (χ0v) is 20.5. The summed E-state index contributed by atoms with van der Waals surface area (Å²) in [6, 6.07) is 5.67. The molecule has 0 saturated heterocycles. The van der Waals surface area contributed by atoms with Gasteiger partial charge in [-0.2, -0.15) is 9.78 Å².